The van der Waals surface area contributed by atoms with E-state index >= 15 is 0 Å². The molecule has 0 aliphatic heterocycles. The Morgan fingerprint density at radius 3 is 0.893 bits per heavy atom. The van der Waals surface area contributed by atoms with Gasteiger partial charge in [0.05, 0.1) is 0 Å². The van der Waals surface area contributed by atoms with E-state index in [0.717, 1.165) is 0 Å². The molecule has 0 heterocycles. The number of aliphatic hydroxyl groups is 1. The highest BCUT2D eigenvalue weighted by molar-refractivity contribution is 5.15. The first kappa shape index (κ1) is 26.8. The molecule has 0 radical (unpaired) electrons. The van der Waals surface area contributed by atoms with Crippen LogP contribution in [-0.4, -0.2) is 59.3 Å². The topological polar surface area (TPSA) is 20.2 Å². The Hall–Kier alpha value is -1.23. The highest BCUT2D eigenvalue weighted by atomic mass is 19.4. The highest BCUT2D eigenvalue weighted by Crippen LogP contribution is 2.64. The van der Waals surface area contributed by atoms with Gasteiger partial charge in [0, 0.05) is 13.0 Å². The van der Waals surface area contributed by atoms with Crippen LogP contribution in [0.2, 0.25) is 0 Å². The van der Waals surface area contributed by atoms with Gasteiger partial charge in [0.15, 0.2) is 0 Å². The van der Waals surface area contributed by atoms with E-state index in [1.54, 1.807) is 0 Å². The van der Waals surface area contributed by atoms with Gasteiger partial charge < -0.3 is 5.11 Å². The maximum Gasteiger partial charge on any atom is 0.460 e. The molecule has 170 valence electrons. The Labute approximate surface area is 142 Å². The SMILES string of the molecule is O[13CH2][13CH2]C(F)(F)C(F)(F)C(F)(F)C(F)(F)C(F)(F)C(F)(F)C(F)(F)C(F)(F)F. The van der Waals surface area contributed by atoms with Crippen molar-refractivity contribution in [1.82, 2.24) is 0 Å². The second-order valence-electron chi connectivity index (χ2n) is 5.12. The molecule has 0 saturated carbocycles. The highest BCUT2D eigenvalue weighted by Gasteiger charge is 2.95. The van der Waals surface area contributed by atoms with Crippen LogP contribution >= 0.6 is 0 Å². The first-order valence-corrected chi connectivity index (χ1v) is 6.13. The van der Waals surface area contributed by atoms with Crippen LogP contribution in [0.1, 0.15) is 6.42 Å². The number of alkyl halides is 17. The van der Waals surface area contributed by atoms with Crippen LogP contribution in [0.3, 0.4) is 0 Å². The molecule has 0 aliphatic carbocycles. The average molecular weight is 466 g/mol. The fourth-order valence-electron chi connectivity index (χ4n) is 1.49. The smallest absolute Gasteiger partial charge is 0.396 e. The van der Waals surface area contributed by atoms with Gasteiger partial charge in [-0.05, 0) is 0 Å². The fourth-order valence-corrected chi connectivity index (χ4v) is 1.49. The van der Waals surface area contributed by atoms with Gasteiger partial charge in [-0.15, -0.1) is 0 Å². The van der Waals surface area contributed by atoms with Crippen molar-refractivity contribution in [2.45, 2.75) is 54.1 Å². The summed E-state index contributed by atoms with van der Waals surface area (Å²) in [5, 5.41) is 7.98. The maximum absolute atomic E-state index is 13.1. The quantitative estimate of drug-likeness (QED) is 0.377. The summed E-state index contributed by atoms with van der Waals surface area (Å²) in [5.41, 5.74) is 0. The number of aliphatic hydroxyl groups excluding tert-OH is 1. The minimum atomic E-state index is -8.62. The standard InChI is InChI=1S/C10H5F17O/c11-3(12,1-2-28)4(13,14)5(15,16)6(17,18)7(19,20)8(21,22)9(23,24)10(25,26)27/h28H,1-2H2/i1+1,2+1. The van der Waals surface area contributed by atoms with Crippen LogP contribution in [-0.2, 0) is 0 Å². The van der Waals surface area contributed by atoms with E-state index in [1.807, 2.05) is 0 Å². The predicted octanol–water partition coefficient (Wildman–Crippen LogP) is 5.38. The van der Waals surface area contributed by atoms with Crippen molar-refractivity contribution < 1.29 is 79.7 Å². The molecule has 1 N–H and O–H groups in total. The second-order valence-corrected chi connectivity index (χ2v) is 5.12. The Kier molecular flexibility index (Phi) is 6.36. The van der Waals surface area contributed by atoms with Gasteiger partial charge in [0.1, 0.15) is 0 Å². The zero-order chi connectivity index (χ0) is 23.4. The lowest BCUT2D eigenvalue weighted by Gasteiger charge is -2.42. The fraction of sp³-hybridized carbons (Fsp3) is 1.00. The normalized spacial score (nSPS) is 16.5. The van der Waals surface area contributed by atoms with Gasteiger partial charge in [0.25, 0.3) is 0 Å². The van der Waals surface area contributed by atoms with Crippen molar-refractivity contribution in [3.05, 3.63) is 0 Å². The van der Waals surface area contributed by atoms with Crippen molar-refractivity contribution in [3.8, 4) is 0 Å². The monoisotopic (exact) mass is 466 g/mol. The minimum absolute atomic E-state index is 2.16. The van der Waals surface area contributed by atoms with E-state index in [9.17, 15) is 74.6 Å². The van der Waals surface area contributed by atoms with Gasteiger partial charge in [0.2, 0.25) is 0 Å². The van der Waals surface area contributed by atoms with Crippen molar-refractivity contribution in [3.63, 3.8) is 0 Å². The lowest BCUT2D eigenvalue weighted by Crippen LogP contribution is -2.74. The Balaban J connectivity index is 6.63. The molecule has 0 spiro atoms. The molecule has 0 fully saturated rings. The molecule has 0 aromatic heterocycles. The third kappa shape index (κ3) is 3.24. The molecule has 0 unspecified atom stereocenters. The summed E-state index contributed by atoms with van der Waals surface area (Å²) in [6, 6.07) is 0. The maximum atomic E-state index is 13.1. The minimum Gasteiger partial charge on any atom is -0.396 e. The Bertz CT molecular complexity index is 559. The molecule has 0 rings (SSSR count). The molecular formula is C10H5F17O. The number of halogens is 17. The van der Waals surface area contributed by atoms with Crippen LogP contribution in [0.15, 0.2) is 0 Å². The summed E-state index contributed by atoms with van der Waals surface area (Å²) >= 11 is 0. The van der Waals surface area contributed by atoms with Crippen molar-refractivity contribution in [2.24, 2.45) is 0 Å². The van der Waals surface area contributed by atoms with Crippen molar-refractivity contribution in [2.75, 3.05) is 6.61 Å². The average Bonchev–Trinajstić information content (AvgIpc) is 2.44. The lowest BCUT2D eigenvalue weighted by molar-refractivity contribution is -0.461. The number of hydrogen-bond donors (Lipinski definition) is 1. The largest absolute Gasteiger partial charge is 0.460 e. The van der Waals surface area contributed by atoms with E-state index < -0.39 is 60.7 Å². The summed E-state index contributed by atoms with van der Waals surface area (Å²) in [6.45, 7) is -2.16. The predicted molar refractivity (Wildman–Crippen MR) is 52.4 cm³/mol. The summed E-state index contributed by atoms with van der Waals surface area (Å²) in [7, 11) is 0. The molecule has 0 amide bonds. The van der Waals surface area contributed by atoms with Crippen molar-refractivity contribution in [1.29, 1.82) is 0 Å². The number of hydrogen-bond acceptors (Lipinski definition) is 1. The molecule has 28 heavy (non-hydrogen) atoms. The van der Waals surface area contributed by atoms with Gasteiger partial charge in [-0.3, -0.25) is 0 Å². The first-order chi connectivity index (χ1) is 11.8. The molecule has 0 aromatic rings. The Morgan fingerprint density at radius 1 is 0.393 bits per heavy atom. The van der Waals surface area contributed by atoms with Gasteiger partial charge in [-0.2, -0.15) is 74.6 Å². The zero-order valence-electron chi connectivity index (χ0n) is 12.3. The molecule has 1 nitrogen and oxygen atoms in total. The lowest BCUT2D eigenvalue weighted by atomic mass is 9.90. The van der Waals surface area contributed by atoms with Gasteiger partial charge >= 0.3 is 47.6 Å². The van der Waals surface area contributed by atoms with E-state index in [0.29, 0.717) is 0 Å². The summed E-state index contributed by atoms with van der Waals surface area (Å²) in [5.74, 6) is -56.4. The first-order valence-electron chi connectivity index (χ1n) is 6.13. The molecule has 0 bridgehead atoms. The van der Waals surface area contributed by atoms with Crippen LogP contribution < -0.4 is 0 Å². The second kappa shape index (κ2) is 6.65. The molecule has 0 saturated heterocycles. The summed E-state index contributed by atoms with van der Waals surface area (Å²) in [6.07, 6.45) is -10.6. The summed E-state index contributed by atoms with van der Waals surface area (Å²) in [4.78, 5) is 0. The Morgan fingerprint density at radius 2 is 0.643 bits per heavy atom. The van der Waals surface area contributed by atoms with Gasteiger partial charge in [-0.25, -0.2) is 0 Å². The number of rotatable bonds is 8. The van der Waals surface area contributed by atoms with Crippen LogP contribution in [0, 0.1) is 0 Å². The van der Waals surface area contributed by atoms with Crippen molar-refractivity contribution >= 4 is 0 Å². The molecule has 0 aromatic carbocycles. The van der Waals surface area contributed by atoms with Crippen LogP contribution in [0.4, 0.5) is 74.6 Å². The van der Waals surface area contributed by atoms with E-state index in [-0.39, 0.29) is 0 Å². The third-order valence-corrected chi connectivity index (χ3v) is 3.21. The molecule has 0 aliphatic rings. The van der Waals surface area contributed by atoms with Crippen LogP contribution in [0.25, 0.3) is 0 Å². The molecular weight excluding hydrogens is 461 g/mol. The van der Waals surface area contributed by atoms with E-state index in [1.165, 1.54) is 0 Å². The van der Waals surface area contributed by atoms with E-state index in [2.05, 4.69) is 0 Å². The van der Waals surface area contributed by atoms with E-state index in [4.69, 9.17) is 5.11 Å². The molecule has 18 heteroatoms. The van der Waals surface area contributed by atoms with Crippen LogP contribution in [0.5, 0.6) is 0 Å². The molecule has 0 atom stereocenters. The van der Waals surface area contributed by atoms with Gasteiger partial charge in [-0.1, -0.05) is 0 Å². The third-order valence-electron chi connectivity index (χ3n) is 3.21. The zero-order valence-corrected chi connectivity index (χ0v) is 12.3. The summed E-state index contributed by atoms with van der Waals surface area (Å²) < 4.78 is 216.